The molecule has 4 saturated carbocycles. The number of nitrogens with one attached hydrogen (secondary N) is 3. The number of pyridine rings is 1. The van der Waals surface area contributed by atoms with Gasteiger partial charge in [-0.1, -0.05) is 26.3 Å². The highest BCUT2D eigenvalue weighted by Gasteiger charge is 2.57. The second-order valence-corrected chi connectivity index (χ2v) is 18.8. The number of nitrogens with two attached hydrogens (primary N) is 1. The number of hydrogen-bond donors (Lipinski definition) is 7. The van der Waals surface area contributed by atoms with E-state index in [0.29, 0.717) is 56.1 Å². The third-order valence-electron chi connectivity index (χ3n) is 12.9. The fourth-order valence-electron chi connectivity index (χ4n) is 9.81. The summed E-state index contributed by atoms with van der Waals surface area (Å²) in [5, 5.41) is 54.1. The Bertz CT molecular complexity index is 1870. The predicted molar refractivity (Wildman–Crippen MR) is 245 cm³/mol. The van der Waals surface area contributed by atoms with Gasteiger partial charge in [-0.2, -0.15) is 10.5 Å². The van der Waals surface area contributed by atoms with Gasteiger partial charge in [0.25, 0.3) is 0 Å². The molecule has 4 bridgehead atoms. The number of carboxylic acids is 1. The number of rotatable bonds is 15. The first-order chi connectivity index (χ1) is 31.2. The van der Waals surface area contributed by atoms with Crippen LogP contribution in [0.15, 0.2) is 30.5 Å². The SMILES string of the molecule is CC[C@H](C)[C@H](N)C(=O)N1CCSC1.N#C[C@@H]1CCCN1C(=O)CNC12CC3CC(CC(O)(C3)C1)C2.O=C(O)/C=C/COO.[C-]#[N+]c1ccc(NCCNCC(=O)N2CCC[C@H]2C#N)nc1. The first-order valence-electron chi connectivity index (χ1n) is 22.6. The number of amides is 3. The largest absolute Gasteiger partial charge is 0.478 e. The van der Waals surface area contributed by atoms with Crippen LogP contribution in [0.5, 0.6) is 0 Å². The van der Waals surface area contributed by atoms with Gasteiger partial charge >= 0.3 is 5.97 Å². The highest BCUT2D eigenvalue weighted by molar-refractivity contribution is 7.99. The first kappa shape index (κ1) is 52.8. The second kappa shape index (κ2) is 26.3. The maximum Gasteiger partial charge on any atom is 0.328 e. The van der Waals surface area contributed by atoms with Crippen molar-refractivity contribution in [2.45, 2.75) is 114 Å². The lowest BCUT2D eigenvalue weighted by Crippen LogP contribution is -2.65. The van der Waals surface area contributed by atoms with Crippen LogP contribution in [0, 0.1) is 47.0 Å². The Balaban J connectivity index is 0.000000203. The molecule has 356 valence electrons. The lowest BCUT2D eigenvalue weighted by molar-refractivity contribution is -0.231. The molecule has 20 heteroatoms. The van der Waals surface area contributed by atoms with Crippen molar-refractivity contribution in [3.05, 3.63) is 41.9 Å². The van der Waals surface area contributed by atoms with Gasteiger partial charge in [0.05, 0.1) is 49.3 Å². The fraction of sp³-hybridized carbons (Fsp3) is 0.689. The van der Waals surface area contributed by atoms with Crippen molar-refractivity contribution in [3.63, 3.8) is 0 Å². The zero-order valence-corrected chi connectivity index (χ0v) is 38.5. The van der Waals surface area contributed by atoms with E-state index in [1.165, 1.54) is 18.7 Å². The van der Waals surface area contributed by atoms with Gasteiger partial charge in [-0.3, -0.25) is 24.6 Å². The molecule has 0 spiro atoms. The lowest BCUT2D eigenvalue weighted by Gasteiger charge is -2.60. The number of carbonyl (C=O) groups is 4. The van der Waals surface area contributed by atoms with Gasteiger partial charge in [0.15, 0.2) is 0 Å². The van der Waals surface area contributed by atoms with Gasteiger partial charge < -0.3 is 46.6 Å². The van der Waals surface area contributed by atoms with Crippen LogP contribution in [-0.4, -0.2) is 152 Å². The van der Waals surface area contributed by atoms with E-state index in [9.17, 15) is 24.3 Å². The Morgan fingerprint density at radius 2 is 1.69 bits per heavy atom. The highest BCUT2D eigenvalue weighted by atomic mass is 32.2. The summed E-state index contributed by atoms with van der Waals surface area (Å²) < 4.78 is 0. The van der Waals surface area contributed by atoms with Crippen molar-refractivity contribution in [1.29, 1.82) is 10.5 Å². The minimum atomic E-state index is -1.05. The molecule has 0 aromatic carbocycles. The van der Waals surface area contributed by atoms with Crippen LogP contribution in [0.2, 0.25) is 0 Å². The Morgan fingerprint density at radius 3 is 2.20 bits per heavy atom. The van der Waals surface area contributed by atoms with Crippen molar-refractivity contribution in [2.24, 2.45) is 23.5 Å². The van der Waals surface area contributed by atoms with Gasteiger partial charge in [0, 0.05) is 56.3 Å². The van der Waals surface area contributed by atoms with Crippen LogP contribution in [0.4, 0.5) is 11.5 Å². The number of aliphatic hydroxyl groups is 1. The van der Waals surface area contributed by atoms with E-state index < -0.39 is 11.6 Å². The van der Waals surface area contributed by atoms with Crippen molar-refractivity contribution >= 4 is 47.0 Å². The molecule has 3 saturated heterocycles. The lowest BCUT2D eigenvalue weighted by atomic mass is 9.51. The molecule has 4 aliphatic carbocycles. The number of hydrogen-bond acceptors (Lipinski definition) is 15. The minimum absolute atomic E-state index is 0.0245. The third kappa shape index (κ3) is 16.2. The zero-order chi connectivity index (χ0) is 47.4. The number of nitriles is 2. The topological polar surface area (TPSA) is 275 Å². The molecule has 0 radical (unpaired) electrons. The van der Waals surface area contributed by atoms with E-state index in [1.807, 2.05) is 11.8 Å². The average molecular weight is 922 g/mol. The molecule has 1 aromatic rings. The molecule has 65 heavy (non-hydrogen) atoms. The summed E-state index contributed by atoms with van der Waals surface area (Å²) in [6, 6.07) is 7.04. The summed E-state index contributed by atoms with van der Waals surface area (Å²) in [7, 11) is 0. The molecule has 3 amide bonds. The van der Waals surface area contributed by atoms with Crippen molar-refractivity contribution in [1.82, 2.24) is 30.3 Å². The molecule has 2 unspecified atom stereocenters. The number of thioether (sulfide) groups is 1. The molecule has 7 fully saturated rings. The van der Waals surface area contributed by atoms with Crippen molar-refractivity contribution < 1.29 is 39.5 Å². The molecular formula is C45H67N11O8S. The third-order valence-corrected chi connectivity index (χ3v) is 13.9. The number of aromatic nitrogens is 1. The Hall–Kier alpha value is -4.85. The van der Waals surface area contributed by atoms with Gasteiger partial charge in [-0.25, -0.2) is 14.5 Å². The summed E-state index contributed by atoms with van der Waals surface area (Å²) in [4.78, 5) is 61.9. The summed E-state index contributed by atoms with van der Waals surface area (Å²) in [6.45, 7) is 14.9. The van der Waals surface area contributed by atoms with Crippen molar-refractivity contribution in [3.8, 4) is 12.1 Å². The summed E-state index contributed by atoms with van der Waals surface area (Å²) in [5.41, 5.74) is 5.81. The van der Waals surface area contributed by atoms with Crippen molar-refractivity contribution in [2.75, 3.05) is 69.4 Å². The predicted octanol–water partition coefficient (Wildman–Crippen LogP) is 3.33. The van der Waals surface area contributed by atoms with Gasteiger partial charge in [-0.15, -0.1) is 11.8 Å². The molecule has 19 nitrogen and oxygen atoms in total. The number of carboxylic acid groups (broad SMARTS) is 1. The molecule has 8 rings (SSSR count). The Morgan fingerprint density at radius 1 is 1.05 bits per heavy atom. The summed E-state index contributed by atoms with van der Waals surface area (Å²) in [6.07, 6.45) is 14.1. The average Bonchev–Trinajstić information content (AvgIpc) is 4.11. The number of nitrogens with zero attached hydrogens (tertiary/aromatic N) is 7. The molecule has 7 aliphatic rings. The first-order valence-corrected chi connectivity index (χ1v) is 23.8. The number of aliphatic carboxylic acids is 1. The van der Waals surface area contributed by atoms with E-state index in [4.69, 9.17) is 33.2 Å². The fourth-order valence-corrected chi connectivity index (χ4v) is 10.8. The number of likely N-dealkylation sites (tertiary alicyclic amines) is 2. The van der Waals surface area contributed by atoms with Crippen LogP contribution in [-0.2, 0) is 24.1 Å². The second-order valence-electron chi connectivity index (χ2n) is 17.8. The van der Waals surface area contributed by atoms with Crippen LogP contribution in [0.25, 0.3) is 4.85 Å². The standard InChI is InChI=1S/C17H25N3O2.C15H18N6O.C9H18N2OS.C4H6O4/c18-9-14-2-1-3-20(14)15(21)10-19-16-5-12-4-13(6-16)8-17(22,7-12)11-16;1-17-12-4-5-14(20-10-12)19-7-6-18-11-15(22)21-8-2-3-13(21)9-16;1-3-7(2)8(10)9(12)11-4-5-13-6-11;5-4(6)2-1-3-8-7/h12-14,19,22H,1-8,10-11H2;4-5,10,13,18H,2-3,6-8,11H2,(H,19,20);7-8H,3-6,10H2,1-2H3;1-2,7H,3H2,(H,5,6)/b;;;2-1+/t12?,13?,14-,16?,17?;13-;7-,8-;/m000./s1. The molecule has 3 aliphatic heterocycles. The number of carbonyl (C=O) groups excluding carboxylic acids is 3. The maximum atomic E-state index is 12.4. The van der Waals surface area contributed by atoms with Gasteiger partial charge in [0.2, 0.25) is 23.4 Å². The Kier molecular flexibility index (Phi) is 21.4. The van der Waals surface area contributed by atoms with E-state index in [2.05, 4.69) is 49.7 Å². The molecule has 6 atom stereocenters. The van der Waals surface area contributed by atoms with Crippen LogP contribution in [0.3, 0.4) is 0 Å². The monoisotopic (exact) mass is 921 g/mol. The summed E-state index contributed by atoms with van der Waals surface area (Å²) in [5.74, 6) is 3.20. The van der Waals surface area contributed by atoms with Crippen LogP contribution >= 0.6 is 11.8 Å². The zero-order valence-electron chi connectivity index (χ0n) is 37.7. The molecular weight excluding hydrogens is 855 g/mol. The van der Waals surface area contributed by atoms with Gasteiger partial charge in [-0.05, 0) is 94.1 Å². The van der Waals surface area contributed by atoms with E-state index >= 15 is 0 Å². The quantitative estimate of drug-likeness (QED) is 0.0437. The number of anilines is 1. The minimum Gasteiger partial charge on any atom is -0.478 e. The van der Waals surface area contributed by atoms with Gasteiger partial charge in [0.1, 0.15) is 24.5 Å². The van der Waals surface area contributed by atoms with Crippen LogP contribution in [0.1, 0.15) is 84.5 Å². The molecule has 4 heterocycles. The smallest absolute Gasteiger partial charge is 0.328 e. The van der Waals surface area contributed by atoms with Crippen LogP contribution < -0.4 is 21.7 Å². The maximum absolute atomic E-state index is 12.4. The highest BCUT2D eigenvalue weighted by Crippen LogP contribution is 2.57. The van der Waals surface area contributed by atoms with E-state index in [-0.39, 0.29) is 60.5 Å². The van der Waals surface area contributed by atoms with E-state index in [0.717, 1.165) is 88.5 Å². The van der Waals surface area contributed by atoms with E-state index in [1.54, 1.807) is 33.7 Å². The molecule has 8 N–H and O–H groups in total. The molecule has 1 aromatic heterocycles. The normalized spacial score (nSPS) is 26.8. The Labute approximate surface area is 386 Å². The summed E-state index contributed by atoms with van der Waals surface area (Å²) >= 11 is 1.80.